The lowest BCUT2D eigenvalue weighted by atomic mass is 9.98. The van der Waals surface area contributed by atoms with Crippen LogP contribution in [0.2, 0.25) is 0 Å². The molecule has 0 aromatic heterocycles. The van der Waals surface area contributed by atoms with Crippen LogP contribution in [0, 0.1) is 27.2 Å². The molecule has 0 amide bonds. The highest BCUT2D eigenvalue weighted by Crippen LogP contribution is 2.35. The molecule has 0 atom stereocenters. The standard InChI is InChI=1S/C23H26N2O9/c1-14-10-18(23(27)28)19(24(29)30)11-16(14)8-6-4-5-7-9-34-22-13-20(25(31)32)17(15(2)26)12-21(22)33-3/h10-13H,4-9H2,1-3H3,(H,27,28). The molecule has 0 heterocycles. The maximum absolute atomic E-state index is 11.7. The van der Waals surface area contributed by atoms with Gasteiger partial charge in [0.15, 0.2) is 17.3 Å². The van der Waals surface area contributed by atoms with E-state index in [4.69, 9.17) is 14.6 Å². The summed E-state index contributed by atoms with van der Waals surface area (Å²) in [6.07, 6.45) is 3.55. The summed E-state index contributed by atoms with van der Waals surface area (Å²) >= 11 is 0. The van der Waals surface area contributed by atoms with Gasteiger partial charge >= 0.3 is 5.97 Å². The number of hydrogen-bond acceptors (Lipinski definition) is 8. The van der Waals surface area contributed by atoms with Crippen LogP contribution in [0.1, 0.15) is 64.4 Å². The second kappa shape index (κ2) is 11.7. The molecule has 0 saturated heterocycles. The number of rotatable bonds is 13. The molecular weight excluding hydrogens is 448 g/mol. The van der Waals surface area contributed by atoms with E-state index in [2.05, 4.69) is 0 Å². The topological polar surface area (TPSA) is 159 Å². The fourth-order valence-corrected chi connectivity index (χ4v) is 3.54. The molecule has 2 aromatic carbocycles. The molecule has 0 fully saturated rings. The minimum atomic E-state index is -1.33. The number of benzene rings is 2. The van der Waals surface area contributed by atoms with Gasteiger partial charge in [0.25, 0.3) is 11.4 Å². The Morgan fingerprint density at radius 2 is 1.53 bits per heavy atom. The fourth-order valence-electron chi connectivity index (χ4n) is 3.54. The Kier molecular flexibility index (Phi) is 9.05. The third-order valence-corrected chi connectivity index (χ3v) is 5.34. The lowest BCUT2D eigenvalue weighted by Crippen LogP contribution is -2.05. The number of carboxylic acids is 1. The molecule has 11 heteroatoms. The number of ketones is 1. The van der Waals surface area contributed by atoms with Gasteiger partial charge in [-0.2, -0.15) is 0 Å². The molecule has 0 aliphatic heterocycles. The summed E-state index contributed by atoms with van der Waals surface area (Å²) in [5.74, 6) is -1.37. The van der Waals surface area contributed by atoms with Crippen LogP contribution in [0.3, 0.4) is 0 Å². The summed E-state index contributed by atoms with van der Waals surface area (Å²) in [7, 11) is 1.38. The smallest absolute Gasteiger partial charge is 0.342 e. The van der Waals surface area contributed by atoms with Crippen molar-refractivity contribution in [3.63, 3.8) is 0 Å². The van der Waals surface area contributed by atoms with Crippen molar-refractivity contribution in [2.75, 3.05) is 13.7 Å². The van der Waals surface area contributed by atoms with Crippen molar-refractivity contribution in [3.05, 3.63) is 66.7 Å². The summed E-state index contributed by atoms with van der Waals surface area (Å²) in [6, 6.07) is 5.14. The van der Waals surface area contributed by atoms with Crippen LogP contribution in [-0.2, 0) is 6.42 Å². The summed E-state index contributed by atoms with van der Waals surface area (Å²) in [4.78, 5) is 44.0. The molecule has 0 aliphatic rings. The van der Waals surface area contributed by atoms with Crippen molar-refractivity contribution >= 4 is 23.1 Å². The zero-order valence-corrected chi connectivity index (χ0v) is 19.2. The van der Waals surface area contributed by atoms with E-state index in [9.17, 15) is 29.8 Å². The molecule has 34 heavy (non-hydrogen) atoms. The van der Waals surface area contributed by atoms with Crippen LogP contribution >= 0.6 is 0 Å². The summed E-state index contributed by atoms with van der Waals surface area (Å²) in [5, 5.41) is 31.6. The second-order valence-electron chi connectivity index (χ2n) is 7.70. The van der Waals surface area contributed by atoms with Crippen LogP contribution in [0.25, 0.3) is 0 Å². The molecule has 182 valence electrons. The fraction of sp³-hybridized carbons (Fsp3) is 0.391. The molecule has 0 spiro atoms. The van der Waals surface area contributed by atoms with E-state index in [1.54, 1.807) is 6.92 Å². The summed E-state index contributed by atoms with van der Waals surface area (Å²) in [6.45, 7) is 3.25. The van der Waals surface area contributed by atoms with E-state index in [-0.39, 0.29) is 34.9 Å². The Labute approximate surface area is 195 Å². The molecule has 0 saturated carbocycles. The number of ether oxygens (including phenoxy) is 2. The Balaban J connectivity index is 1.90. The van der Waals surface area contributed by atoms with Crippen molar-refractivity contribution in [1.82, 2.24) is 0 Å². The number of methoxy groups -OCH3 is 1. The van der Waals surface area contributed by atoms with Gasteiger partial charge < -0.3 is 14.6 Å². The van der Waals surface area contributed by atoms with Gasteiger partial charge in [-0.05, 0) is 50.3 Å². The summed E-state index contributed by atoms with van der Waals surface area (Å²) < 4.78 is 10.8. The quantitative estimate of drug-likeness (QED) is 0.184. The van der Waals surface area contributed by atoms with Crippen molar-refractivity contribution in [1.29, 1.82) is 0 Å². The number of nitro groups is 2. The highest BCUT2D eigenvalue weighted by Gasteiger charge is 2.23. The van der Waals surface area contributed by atoms with Crippen LogP contribution in [0.5, 0.6) is 11.5 Å². The second-order valence-corrected chi connectivity index (χ2v) is 7.70. The van der Waals surface area contributed by atoms with Crippen LogP contribution in [-0.4, -0.2) is 40.4 Å². The van der Waals surface area contributed by atoms with E-state index in [0.29, 0.717) is 18.4 Å². The average Bonchev–Trinajstić information content (AvgIpc) is 2.77. The third kappa shape index (κ3) is 6.50. The lowest BCUT2D eigenvalue weighted by Gasteiger charge is -2.12. The number of hydrogen-bond donors (Lipinski definition) is 1. The van der Waals surface area contributed by atoms with Gasteiger partial charge in [0.2, 0.25) is 0 Å². The predicted molar refractivity (Wildman–Crippen MR) is 122 cm³/mol. The number of aromatic carboxylic acids is 1. The van der Waals surface area contributed by atoms with Gasteiger partial charge in [-0.15, -0.1) is 0 Å². The van der Waals surface area contributed by atoms with Gasteiger partial charge in [-0.1, -0.05) is 12.8 Å². The number of nitro benzene ring substituents is 2. The van der Waals surface area contributed by atoms with Crippen molar-refractivity contribution < 1.29 is 34.0 Å². The molecule has 1 N–H and O–H groups in total. The van der Waals surface area contributed by atoms with E-state index in [0.717, 1.165) is 24.8 Å². The maximum Gasteiger partial charge on any atom is 0.342 e. The number of aryl methyl sites for hydroxylation is 2. The van der Waals surface area contributed by atoms with Crippen molar-refractivity contribution in [2.24, 2.45) is 0 Å². The molecule has 2 aromatic rings. The van der Waals surface area contributed by atoms with Crippen molar-refractivity contribution in [3.8, 4) is 11.5 Å². The first-order valence-corrected chi connectivity index (χ1v) is 10.6. The molecule has 0 aliphatic carbocycles. The number of carboxylic acid groups (broad SMARTS) is 1. The highest BCUT2D eigenvalue weighted by atomic mass is 16.6. The van der Waals surface area contributed by atoms with Gasteiger partial charge in [-0.25, -0.2) is 4.79 Å². The van der Waals surface area contributed by atoms with E-state index in [1.165, 1.54) is 38.3 Å². The number of carbonyl (C=O) groups excluding carboxylic acids is 1. The SMILES string of the molecule is COc1cc(C(C)=O)c([N+](=O)[O-])cc1OCCCCCCc1cc([N+](=O)[O-])c(C(=O)O)cc1C. The Hall–Kier alpha value is -4.02. The van der Waals surface area contributed by atoms with Crippen LogP contribution in [0.15, 0.2) is 24.3 Å². The highest BCUT2D eigenvalue weighted by molar-refractivity contribution is 5.99. The molecule has 2 rings (SSSR count). The van der Waals surface area contributed by atoms with Gasteiger partial charge in [-0.3, -0.25) is 25.0 Å². The third-order valence-electron chi connectivity index (χ3n) is 5.34. The number of nitrogens with zero attached hydrogens (tertiary/aromatic N) is 2. The van der Waals surface area contributed by atoms with Crippen LogP contribution < -0.4 is 9.47 Å². The first kappa shape index (κ1) is 26.2. The largest absolute Gasteiger partial charge is 0.493 e. The number of Topliss-reactive ketones (excluding diaryl/α,β-unsaturated/α-hetero) is 1. The molecule has 0 radical (unpaired) electrons. The molecule has 0 unspecified atom stereocenters. The Bertz CT molecular complexity index is 1110. The van der Waals surface area contributed by atoms with Gasteiger partial charge in [0.05, 0.1) is 35.2 Å². The maximum atomic E-state index is 11.7. The Morgan fingerprint density at radius 1 is 0.912 bits per heavy atom. The minimum absolute atomic E-state index is 0.0545. The van der Waals surface area contributed by atoms with Gasteiger partial charge in [0.1, 0.15) is 5.56 Å². The zero-order chi connectivity index (χ0) is 25.4. The number of carbonyl (C=O) groups is 2. The van der Waals surface area contributed by atoms with E-state index >= 15 is 0 Å². The number of unbranched alkanes of at least 4 members (excludes halogenated alkanes) is 3. The molecule has 11 nitrogen and oxygen atoms in total. The normalized spacial score (nSPS) is 10.6. The van der Waals surface area contributed by atoms with Crippen molar-refractivity contribution in [2.45, 2.75) is 46.0 Å². The summed E-state index contributed by atoms with van der Waals surface area (Å²) in [5.41, 5.74) is 0.281. The van der Waals surface area contributed by atoms with E-state index in [1.807, 2.05) is 0 Å². The lowest BCUT2D eigenvalue weighted by molar-refractivity contribution is -0.385. The minimum Gasteiger partial charge on any atom is -0.493 e. The van der Waals surface area contributed by atoms with Crippen LogP contribution in [0.4, 0.5) is 11.4 Å². The predicted octanol–water partition coefficient (Wildman–Crippen LogP) is 4.90. The monoisotopic (exact) mass is 474 g/mol. The van der Waals surface area contributed by atoms with E-state index < -0.39 is 27.3 Å². The Morgan fingerprint density at radius 3 is 2.09 bits per heavy atom. The first-order valence-electron chi connectivity index (χ1n) is 10.6. The zero-order valence-electron chi connectivity index (χ0n) is 19.2. The molecular formula is C23H26N2O9. The average molecular weight is 474 g/mol. The first-order chi connectivity index (χ1) is 16.1. The molecule has 0 bridgehead atoms. The van der Waals surface area contributed by atoms with Gasteiger partial charge in [0, 0.05) is 12.1 Å².